The third-order valence-corrected chi connectivity index (χ3v) is 11.8. The Hall–Kier alpha value is -2.67. The van der Waals surface area contributed by atoms with E-state index < -0.39 is 93.6 Å². The Balaban J connectivity index is 1.92. The van der Waals surface area contributed by atoms with E-state index in [0.29, 0.717) is 30.6 Å². The Labute approximate surface area is 258 Å². The Morgan fingerprint density at radius 1 is 1.28 bits per heavy atom. The summed E-state index contributed by atoms with van der Waals surface area (Å²) in [7, 11) is -4.30. The largest absolute Gasteiger partial charge is 0.465 e. The predicted octanol–water partition coefficient (Wildman–Crippen LogP) is 2.37. The number of carbonyl (C=O) groups excluding carboxylic acids is 3. The number of fused-ring (bicyclic) bond motifs is 2. The number of rotatable bonds is 5. The van der Waals surface area contributed by atoms with Crippen molar-refractivity contribution in [2.45, 2.75) is 127 Å². The summed E-state index contributed by atoms with van der Waals surface area (Å²) in [6.07, 6.45) is 3.30. The maximum absolute atomic E-state index is 14.9. The standard InChI is InChI=1S/C30H48N4O8S/c1-7-19-14-18(2)10-8-9-11-20-15-22(20)31-25(37)30(26(38)32-43(41,42)29(6)12-13-29)16-21(35)17-33(30)24(36)23(19)34(27(39)40)28(3,4)5/h9,11,18-23,35H,7-8,10,12-17H2,1-6H3,(H,31,37)(H,32,38)(H,39,40)/b11-9-/t18?,19-,20-,21-,22-,23+,30+/m1/s1/i3D3. The molecule has 2 saturated carbocycles. The fourth-order valence-electron chi connectivity index (χ4n) is 6.54. The predicted molar refractivity (Wildman–Crippen MR) is 159 cm³/mol. The molecule has 2 aliphatic heterocycles. The van der Waals surface area contributed by atoms with Gasteiger partial charge in [0, 0.05) is 28.7 Å². The Morgan fingerprint density at radius 2 is 1.95 bits per heavy atom. The highest BCUT2D eigenvalue weighted by Gasteiger charge is 2.63. The molecule has 7 atom stereocenters. The number of carboxylic acid groups (broad SMARTS) is 1. The first kappa shape index (κ1) is 29.1. The highest BCUT2D eigenvalue weighted by Crippen LogP contribution is 2.43. The molecule has 3 fully saturated rings. The van der Waals surface area contributed by atoms with Gasteiger partial charge in [0.05, 0.1) is 10.9 Å². The summed E-state index contributed by atoms with van der Waals surface area (Å²) in [5, 5.41) is 24.3. The van der Waals surface area contributed by atoms with Crippen LogP contribution in [0.15, 0.2) is 12.2 Å². The van der Waals surface area contributed by atoms with E-state index in [1.807, 2.05) is 23.8 Å². The Kier molecular flexibility index (Phi) is 7.90. The second kappa shape index (κ2) is 11.7. The van der Waals surface area contributed by atoms with Crippen LogP contribution in [-0.2, 0) is 24.4 Å². The molecule has 2 aliphatic carbocycles. The summed E-state index contributed by atoms with van der Waals surface area (Å²) in [6.45, 7) is 4.09. The van der Waals surface area contributed by atoms with Crippen LogP contribution in [-0.4, -0.2) is 92.8 Å². The molecule has 43 heavy (non-hydrogen) atoms. The van der Waals surface area contributed by atoms with Gasteiger partial charge in [0.15, 0.2) is 0 Å². The van der Waals surface area contributed by atoms with Crippen molar-refractivity contribution in [3.63, 3.8) is 0 Å². The SMILES string of the molecule is [2H]C([2H])([2H])C(C)(C)N(C(=O)O)[C@@H]1C(=O)N2C[C@H](O)C[C@@]2(C(=O)NS(=O)(=O)C2(C)CC2)C(=O)N[C@@H]2C[C@H]2/C=C\CCC(C)C[C@H]1CC. The van der Waals surface area contributed by atoms with Crippen molar-refractivity contribution in [1.29, 1.82) is 0 Å². The van der Waals surface area contributed by atoms with Crippen molar-refractivity contribution in [2.24, 2.45) is 17.8 Å². The number of hydrogen-bond acceptors (Lipinski definition) is 7. The van der Waals surface area contributed by atoms with Gasteiger partial charge in [-0.1, -0.05) is 32.4 Å². The molecule has 4 rings (SSSR count). The number of nitrogens with one attached hydrogen (secondary N) is 2. The van der Waals surface area contributed by atoms with Crippen LogP contribution in [0.1, 0.15) is 96.9 Å². The van der Waals surface area contributed by atoms with Gasteiger partial charge in [-0.15, -0.1) is 0 Å². The van der Waals surface area contributed by atoms with Gasteiger partial charge in [-0.3, -0.25) is 24.0 Å². The summed E-state index contributed by atoms with van der Waals surface area (Å²) in [5.41, 5.74) is -4.65. The zero-order valence-corrected chi connectivity index (χ0v) is 26.4. The average Bonchev–Trinajstić information content (AvgIpc) is 3.83. The smallest absolute Gasteiger partial charge is 0.408 e. The average molecular weight is 628 g/mol. The van der Waals surface area contributed by atoms with Crippen LogP contribution in [0, 0.1) is 17.8 Å². The van der Waals surface area contributed by atoms with Gasteiger partial charge in [0.2, 0.25) is 21.5 Å². The number of β-amino-alcohol motifs (C(OH)–C–C–N with tert-alkyl or cyclic N) is 1. The van der Waals surface area contributed by atoms with E-state index >= 15 is 0 Å². The van der Waals surface area contributed by atoms with Gasteiger partial charge >= 0.3 is 6.09 Å². The third kappa shape index (κ3) is 6.43. The van der Waals surface area contributed by atoms with E-state index in [1.165, 1.54) is 20.8 Å². The van der Waals surface area contributed by atoms with Crippen LogP contribution >= 0.6 is 0 Å². The number of nitrogens with zero attached hydrogens (tertiary/aromatic N) is 2. The third-order valence-electron chi connectivity index (χ3n) is 9.61. The molecular formula is C30H48N4O8S. The molecule has 2 heterocycles. The molecule has 242 valence electrons. The molecule has 0 aromatic heterocycles. The molecular weight excluding hydrogens is 576 g/mol. The fourth-order valence-corrected chi connectivity index (χ4v) is 7.84. The lowest BCUT2D eigenvalue weighted by molar-refractivity contribution is -0.157. The second-order valence-corrected chi connectivity index (χ2v) is 15.9. The first-order valence-corrected chi connectivity index (χ1v) is 16.7. The van der Waals surface area contributed by atoms with Gasteiger partial charge in [-0.2, -0.15) is 0 Å². The molecule has 0 aromatic carbocycles. The van der Waals surface area contributed by atoms with Gasteiger partial charge in [-0.05, 0) is 83.9 Å². The van der Waals surface area contributed by atoms with Crippen molar-refractivity contribution < 1.29 is 41.9 Å². The van der Waals surface area contributed by atoms with Gasteiger partial charge in [0.1, 0.15) is 6.04 Å². The van der Waals surface area contributed by atoms with Crippen LogP contribution in [0.25, 0.3) is 0 Å². The Morgan fingerprint density at radius 3 is 2.53 bits per heavy atom. The molecule has 4 aliphatic rings. The topological polar surface area (TPSA) is 173 Å². The number of aliphatic hydroxyl groups is 1. The van der Waals surface area contributed by atoms with Crippen LogP contribution in [0.5, 0.6) is 0 Å². The maximum Gasteiger partial charge on any atom is 0.408 e. The highest BCUT2D eigenvalue weighted by atomic mass is 32.2. The van der Waals surface area contributed by atoms with E-state index in [2.05, 4.69) is 5.32 Å². The first-order chi connectivity index (χ1) is 21.1. The maximum atomic E-state index is 14.9. The lowest BCUT2D eigenvalue weighted by Gasteiger charge is -2.46. The van der Waals surface area contributed by atoms with E-state index in [-0.39, 0.29) is 31.1 Å². The normalized spacial score (nSPS) is 36.7. The van der Waals surface area contributed by atoms with Crippen LogP contribution in [0.4, 0.5) is 4.79 Å². The molecule has 0 spiro atoms. The second-order valence-electron chi connectivity index (χ2n) is 13.7. The quantitative estimate of drug-likeness (QED) is 0.266. The Bertz CT molecular complexity index is 1380. The summed E-state index contributed by atoms with van der Waals surface area (Å²) < 4.78 is 51.8. The lowest BCUT2D eigenvalue weighted by Crippen LogP contribution is -2.70. The van der Waals surface area contributed by atoms with E-state index in [0.717, 1.165) is 4.90 Å². The van der Waals surface area contributed by atoms with Crippen molar-refractivity contribution in [1.82, 2.24) is 19.8 Å². The van der Waals surface area contributed by atoms with E-state index in [9.17, 15) is 37.8 Å². The lowest BCUT2D eigenvalue weighted by atomic mass is 9.82. The molecule has 0 bridgehead atoms. The van der Waals surface area contributed by atoms with Crippen molar-refractivity contribution >= 4 is 33.8 Å². The number of hydrogen-bond donors (Lipinski definition) is 4. The molecule has 0 radical (unpaired) electrons. The molecule has 4 amide bonds. The first-order valence-electron chi connectivity index (χ1n) is 16.7. The number of carbonyl (C=O) groups is 4. The van der Waals surface area contributed by atoms with Crippen LogP contribution in [0.3, 0.4) is 0 Å². The van der Waals surface area contributed by atoms with Crippen molar-refractivity contribution in [3.05, 3.63) is 12.2 Å². The minimum Gasteiger partial charge on any atom is -0.465 e. The number of amides is 4. The fraction of sp³-hybridized carbons (Fsp3) is 0.800. The summed E-state index contributed by atoms with van der Waals surface area (Å²) in [4.78, 5) is 57.7. The zero-order chi connectivity index (χ0) is 34.6. The molecule has 1 saturated heterocycles. The van der Waals surface area contributed by atoms with E-state index in [4.69, 9.17) is 4.11 Å². The zero-order valence-electron chi connectivity index (χ0n) is 28.6. The molecule has 12 nitrogen and oxygen atoms in total. The molecule has 4 N–H and O–H groups in total. The molecule has 0 aromatic rings. The van der Waals surface area contributed by atoms with Gasteiger partial charge in [0.25, 0.3) is 11.8 Å². The minimum absolute atomic E-state index is 0.0158. The van der Waals surface area contributed by atoms with Gasteiger partial charge < -0.3 is 20.4 Å². The van der Waals surface area contributed by atoms with Crippen LogP contribution < -0.4 is 10.0 Å². The summed E-state index contributed by atoms with van der Waals surface area (Å²) >= 11 is 0. The van der Waals surface area contributed by atoms with E-state index in [1.54, 1.807) is 6.92 Å². The number of sulfonamides is 1. The van der Waals surface area contributed by atoms with Gasteiger partial charge in [-0.25, -0.2) is 13.2 Å². The summed E-state index contributed by atoms with van der Waals surface area (Å²) in [6, 6.07) is -2.08. The van der Waals surface area contributed by atoms with Crippen molar-refractivity contribution in [3.8, 4) is 0 Å². The summed E-state index contributed by atoms with van der Waals surface area (Å²) in [5.74, 6) is -4.16. The number of aliphatic hydroxyl groups excluding tert-OH is 1. The number of allylic oxidation sites excluding steroid dienone is 1. The molecule has 13 heteroatoms. The highest BCUT2D eigenvalue weighted by molar-refractivity contribution is 7.91. The monoisotopic (exact) mass is 627 g/mol. The van der Waals surface area contributed by atoms with Crippen molar-refractivity contribution in [2.75, 3.05) is 6.54 Å². The molecule has 1 unspecified atom stereocenters. The minimum atomic E-state index is -4.30. The van der Waals surface area contributed by atoms with Crippen LogP contribution in [0.2, 0.25) is 0 Å².